The van der Waals surface area contributed by atoms with Crippen LogP contribution in [0.5, 0.6) is 5.75 Å². The number of ketones is 1. The maximum atomic E-state index is 12.2. The monoisotopic (exact) mass is 303 g/mol. The average Bonchev–Trinajstić information content (AvgIpc) is 2.78. The molecule has 1 aromatic heterocycles. The lowest BCUT2D eigenvalue weighted by Gasteiger charge is -2.17. The number of carbonyl (C=O) groups is 1. The van der Waals surface area contributed by atoms with Crippen LogP contribution in [0.1, 0.15) is 27.2 Å². The number of rotatable bonds is 5. The zero-order valence-electron chi connectivity index (χ0n) is 13.3. The summed E-state index contributed by atoms with van der Waals surface area (Å²) < 4.78 is 6.54. The molecule has 0 saturated heterocycles. The fraction of sp³-hybridized carbons (Fsp3) is 0.438. The Labute approximate surface area is 129 Å². The first-order valence-electron chi connectivity index (χ1n) is 7.11. The minimum atomic E-state index is -0.389. The third kappa shape index (κ3) is 3.84. The normalized spacial score (nSPS) is 11.5. The Morgan fingerprint density at radius 2 is 2.09 bits per heavy atom. The first-order valence-corrected chi connectivity index (χ1v) is 7.11. The zero-order chi connectivity index (χ0) is 16.3. The summed E-state index contributed by atoms with van der Waals surface area (Å²) in [4.78, 5) is 24.1. The van der Waals surface area contributed by atoms with Crippen molar-refractivity contribution in [2.45, 2.75) is 33.7 Å². The van der Waals surface area contributed by atoms with Crippen LogP contribution < -0.4 is 10.4 Å². The second kappa shape index (κ2) is 6.17. The molecule has 0 aliphatic rings. The quantitative estimate of drug-likeness (QED) is 0.919. The molecule has 6 heteroatoms. The van der Waals surface area contributed by atoms with Gasteiger partial charge in [0.2, 0.25) is 0 Å². The van der Waals surface area contributed by atoms with Crippen LogP contribution in [0.25, 0.3) is 11.4 Å². The van der Waals surface area contributed by atoms with E-state index in [1.165, 1.54) is 4.57 Å². The smallest absolute Gasteiger partial charge is 0.343 e. The van der Waals surface area contributed by atoms with Gasteiger partial charge >= 0.3 is 5.69 Å². The molecular formula is C16H21N3O3. The molecule has 2 rings (SSSR count). The first-order chi connectivity index (χ1) is 10.3. The van der Waals surface area contributed by atoms with Gasteiger partial charge in [0, 0.05) is 12.0 Å². The molecule has 0 aliphatic carbocycles. The number of Topliss-reactive ketones (excluding diaryl/α,β-unsaturated/α-hetero) is 1. The highest BCUT2D eigenvalue weighted by molar-refractivity contribution is 5.79. The van der Waals surface area contributed by atoms with Gasteiger partial charge in [0.1, 0.15) is 5.75 Å². The van der Waals surface area contributed by atoms with E-state index in [4.69, 9.17) is 4.74 Å². The zero-order valence-corrected chi connectivity index (χ0v) is 13.3. The lowest BCUT2D eigenvalue weighted by atomic mass is 9.90. The molecule has 0 saturated carbocycles. The number of benzene rings is 1. The van der Waals surface area contributed by atoms with Gasteiger partial charge in [0.15, 0.2) is 11.6 Å². The summed E-state index contributed by atoms with van der Waals surface area (Å²) in [5, 5.41) is 6.43. The summed E-state index contributed by atoms with van der Waals surface area (Å²) in [5.41, 5.74) is 0.224. The Balaban J connectivity index is 2.32. The summed E-state index contributed by atoms with van der Waals surface area (Å²) in [5.74, 6) is 1.10. The van der Waals surface area contributed by atoms with Gasteiger partial charge in [-0.25, -0.2) is 9.89 Å². The number of nitrogens with one attached hydrogen (secondary N) is 1. The molecule has 0 unspecified atom stereocenters. The van der Waals surface area contributed by atoms with Crippen molar-refractivity contribution in [3.8, 4) is 17.1 Å². The van der Waals surface area contributed by atoms with Gasteiger partial charge in [0.05, 0.1) is 13.7 Å². The summed E-state index contributed by atoms with van der Waals surface area (Å²) >= 11 is 0. The number of aromatic nitrogens is 3. The number of hydrogen-bond donors (Lipinski definition) is 1. The van der Waals surface area contributed by atoms with E-state index in [9.17, 15) is 9.59 Å². The lowest BCUT2D eigenvalue weighted by molar-refractivity contribution is -0.121. The molecule has 0 amide bonds. The van der Waals surface area contributed by atoms with Gasteiger partial charge < -0.3 is 4.74 Å². The van der Waals surface area contributed by atoms with Crippen molar-refractivity contribution in [3.63, 3.8) is 0 Å². The lowest BCUT2D eigenvalue weighted by Crippen LogP contribution is -2.25. The number of methoxy groups -OCH3 is 1. The number of nitrogens with zero attached hydrogens (tertiary/aromatic N) is 2. The Hall–Kier alpha value is -2.37. The number of carbonyl (C=O) groups excluding carboxylic acids is 1. The molecule has 6 nitrogen and oxygen atoms in total. The Morgan fingerprint density at radius 1 is 1.36 bits per heavy atom. The third-order valence-electron chi connectivity index (χ3n) is 3.15. The van der Waals surface area contributed by atoms with Crippen LogP contribution in [0.2, 0.25) is 0 Å². The van der Waals surface area contributed by atoms with Crippen LogP contribution in [-0.2, 0) is 11.3 Å². The van der Waals surface area contributed by atoms with Gasteiger partial charge in [0.25, 0.3) is 0 Å². The van der Waals surface area contributed by atoms with E-state index in [-0.39, 0.29) is 23.4 Å². The average molecular weight is 303 g/mol. The molecule has 0 bridgehead atoms. The molecule has 0 aliphatic heterocycles. The van der Waals surface area contributed by atoms with E-state index in [1.807, 2.05) is 39.0 Å². The van der Waals surface area contributed by atoms with Crippen molar-refractivity contribution in [2.75, 3.05) is 7.11 Å². The largest absolute Gasteiger partial charge is 0.497 e. The van der Waals surface area contributed by atoms with Crippen LogP contribution in [0.4, 0.5) is 0 Å². The van der Waals surface area contributed by atoms with Crippen LogP contribution >= 0.6 is 0 Å². The number of aromatic amines is 1. The summed E-state index contributed by atoms with van der Waals surface area (Å²) in [6, 6.07) is 7.22. The summed E-state index contributed by atoms with van der Waals surface area (Å²) in [6.45, 7) is 5.99. The summed E-state index contributed by atoms with van der Waals surface area (Å²) in [7, 11) is 1.57. The maximum Gasteiger partial charge on any atom is 0.343 e. The van der Waals surface area contributed by atoms with Crippen molar-refractivity contribution < 1.29 is 9.53 Å². The highest BCUT2D eigenvalue weighted by atomic mass is 16.5. The second-order valence-electron chi connectivity index (χ2n) is 6.45. The van der Waals surface area contributed by atoms with Gasteiger partial charge in [-0.3, -0.25) is 9.36 Å². The minimum absolute atomic E-state index is 0.000135. The van der Waals surface area contributed by atoms with Crippen molar-refractivity contribution in [1.29, 1.82) is 0 Å². The Morgan fingerprint density at radius 3 is 2.73 bits per heavy atom. The topological polar surface area (TPSA) is 77.0 Å². The van der Waals surface area contributed by atoms with Crippen LogP contribution in [0.3, 0.4) is 0 Å². The Kier molecular flexibility index (Phi) is 4.49. The molecule has 1 heterocycles. The highest BCUT2D eigenvalue weighted by Gasteiger charge is 2.19. The van der Waals surface area contributed by atoms with Gasteiger partial charge in [-0.05, 0) is 17.5 Å². The molecule has 2 aromatic rings. The number of H-pyrrole nitrogens is 1. The molecule has 0 spiro atoms. The highest BCUT2D eigenvalue weighted by Crippen LogP contribution is 2.22. The summed E-state index contributed by atoms with van der Waals surface area (Å²) in [6.07, 6.45) is 0.405. The van der Waals surface area contributed by atoms with E-state index >= 15 is 0 Å². The predicted octanol–water partition coefficient (Wildman–Crippen LogP) is 2.25. The predicted molar refractivity (Wildman–Crippen MR) is 83.9 cm³/mol. The van der Waals surface area contributed by atoms with E-state index in [1.54, 1.807) is 13.2 Å². The van der Waals surface area contributed by atoms with E-state index in [0.717, 1.165) is 5.56 Å². The maximum absolute atomic E-state index is 12.2. The van der Waals surface area contributed by atoms with Crippen LogP contribution in [0.15, 0.2) is 29.1 Å². The molecule has 0 radical (unpaired) electrons. The van der Waals surface area contributed by atoms with Gasteiger partial charge in [-0.2, -0.15) is 5.10 Å². The SMILES string of the molecule is COc1cccc(-c2n[nH]c(=O)n2CC(=O)CC(C)(C)C)c1. The van der Waals surface area contributed by atoms with E-state index in [2.05, 4.69) is 10.2 Å². The molecule has 0 fully saturated rings. The minimum Gasteiger partial charge on any atom is -0.497 e. The molecule has 0 atom stereocenters. The number of ether oxygens (including phenoxy) is 1. The first kappa shape index (κ1) is 16.0. The molecule has 1 N–H and O–H groups in total. The van der Waals surface area contributed by atoms with Crippen LogP contribution in [0, 0.1) is 5.41 Å². The van der Waals surface area contributed by atoms with Crippen molar-refractivity contribution >= 4 is 5.78 Å². The third-order valence-corrected chi connectivity index (χ3v) is 3.15. The van der Waals surface area contributed by atoms with Gasteiger partial charge in [-0.1, -0.05) is 32.9 Å². The van der Waals surface area contributed by atoms with Crippen molar-refractivity contribution in [2.24, 2.45) is 5.41 Å². The fourth-order valence-electron chi connectivity index (χ4n) is 2.27. The van der Waals surface area contributed by atoms with Crippen molar-refractivity contribution in [3.05, 3.63) is 34.7 Å². The van der Waals surface area contributed by atoms with Gasteiger partial charge in [-0.15, -0.1) is 0 Å². The van der Waals surface area contributed by atoms with E-state index < -0.39 is 0 Å². The molecule has 1 aromatic carbocycles. The van der Waals surface area contributed by atoms with E-state index in [0.29, 0.717) is 18.0 Å². The molecular weight excluding hydrogens is 282 g/mol. The Bertz CT molecular complexity index is 723. The standard InChI is InChI=1S/C16H21N3O3/c1-16(2,3)9-12(20)10-19-14(17-18-15(19)21)11-6-5-7-13(8-11)22-4/h5-8H,9-10H2,1-4H3,(H,18,21). The molecule has 118 valence electrons. The molecule has 22 heavy (non-hydrogen) atoms. The fourth-order valence-corrected chi connectivity index (χ4v) is 2.27. The second-order valence-corrected chi connectivity index (χ2v) is 6.45. The van der Waals surface area contributed by atoms with Crippen LogP contribution in [-0.4, -0.2) is 27.7 Å². The number of hydrogen-bond acceptors (Lipinski definition) is 4. The van der Waals surface area contributed by atoms with Crippen molar-refractivity contribution in [1.82, 2.24) is 14.8 Å².